The summed E-state index contributed by atoms with van der Waals surface area (Å²) in [5, 5.41) is 20.2. The lowest BCUT2D eigenvalue weighted by Gasteiger charge is -2.30. The van der Waals surface area contributed by atoms with Gasteiger partial charge in [0.05, 0.1) is 17.1 Å². The molecule has 1 N–H and O–H groups in total. The van der Waals surface area contributed by atoms with Crippen LogP contribution in [0.4, 0.5) is 11.4 Å². The number of hydrogen-bond acceptors (Lipinski definition) is 5. The molecule has 1 fully saturated rings. The Bertz CT molecular complexity index is 493. The number of nitrogens with zero attached hydrogens (tertiary/aromatic N) is 3. The standard InChI is InChI=1S/C14H21N3O3/c1-11-9-15(2)6-3-7-16(11)13-4-5-14(17(19)20)12(8-13)10-18/h4-5,8,11,18H,3,6-7,9-10H2,1-2H3. The van der Waals surface area contributed by atoms with Gasteiger partial charge in [-0.05, 0) is 39.1 Å². The molecule has 1 heterocycles. The topological polar surface area (TPSA) is 69.9 Å². The Morgan fingerprint density at radius 1 is 1.45 bits per heavy atom. The van der Waals surface area contributed by atoms with Gasteiger partial charge in [0.1, 0.15) is 0 Å². The molecule has 6 heteroatoms. The minimum atomic E-state index is -0.449. The number of nitro benzene ring substituents is 1. The monoisotopic (exact) mass is 279 g/mol. The normalized spacial score (nSPS) is 20.8. The number of anilines is 1. The fourth-order valence-electron chi connectivity index (χ4n) is 2.81. The van der Waals surface area contributed by atoms with E-state index in [4.69, 9.17) is 0 Å². The van der Waals surface area contributed by atoms with Crippen molar-refractivity contribution in [2.75, 3.05) is 31.6 Å². The molecule has 0 saturated carbocycles. The molecule has 0 amide bonds. The first-order valence-electron chi connectivity index (χ1n) is 6.86. The first-order valence-corrected chi connectivity index (χ1v) is 6.86. The fraction of sp³-hybridized carbons (Fsp3) is 0.571. The zero-order chi connectivity index (χ0) is 14.7. The Balaban J connectivity index is 2.30. The van der Waals surface area contributed by atoms with Crippen molar-refractivity contribution in [2.24, 2.45) is 0 Å². The second kappa shape index (κ2) is 6.19. The summed E-state index contributed by atoms with van der Waals surface area (Å²) in [5.74, 6) is 0. The molecule has 0 aliphatic carbocycles. The molecular formula is C14H21N3O3. The van der Waals surface area contributed by atoms with Gasteiger partial charge in [-0.15, -0.1) is 0 Å². The maximum atomic E-state index is 10.9. The summed E-state index contributed by atoms with van der Waals surface area (Å²) >= 11 is 0. The van der Waals surface area contributed by atoms with Gasteiger partial charge in [-0.1, -0.05) is 0 Å². The molecule has 20 heavy (non-hydrogen) atoms. The van der Waals surface area contributed by atoms with Crippen molar-refractivity contribution in [3.05, 3.63) is 33.9 Å². The lowest BCUT2D eigenvalue weighted by atomic mass is 10.1. The van der Waals surface area contributed by atoms with Crippen molar-refractivity contribution in [3.63, 3.8) is 0 Å². The van der Waals surface area contributed by atoms with Crippen LogP contribution in [0.2, 0.25) is 0 Å². The van der Waals surface area contributed by atoms with Gasteiger partial charge in [0.25, 0.3) is 5.69 Å². The number of aliphatic hydroxyl groups is 1. The van der Waals surface area contributed by atoms with Crippen LogP contribution in [0.5, 0.6) is 0 Å². The molecule has 1 aliphatic rings. The number of rotatable bonds is 3. The number of hydrogen-bond donors (Lipinski definition) is 1. The smallest absolute Gasteiger partial charge is 0.275 e. The summed E-state index contributed by atoms with van der Waals surface area (Å²) in [6.07, 6.45) is 1.06. The van der Waals surface area contributed by atoms with Crippen LogP contribution in [0.15, 0.2) is 18.2 Å². The maximum Gasteiger partial charge on any atom is 0.275 e. The van der Waals surface area contributed by atoms with E-state index in [0.29, 0.717) is 11.6 Å². The van der Waals surface area contributed by atoms with Crippen molar-refractivity contribution >= 4 is 11.4 Å². The van der Waals surface area contributed by atoms with Crippen molar-refractivity contribution < 1.29 is 10.0 Å². The summed E-state index contributed by atoms with van der Waals surface area (Å²) < 4.78 is 0. The Kier molecular flexibility index (Phi) is 4.57. The molecule has 0 spiro atoms. The first-order chi connectivity index (χ1) is 9.52. The summed E-state index contributed by atoms with van der Waals surface area (Å²) in [6.45, 7) is 4.79. The predicted molar refractivity (Wildman–Crippen MR) is 77.9 cm³/mol. The van der Waals surface area contributed by atoms with Gasteiger partial charge in [-0.2, -0.15) is 0 Å². The highest BCUT2D eigenvalue weighted by Crippen LogP contribution is 2.27. The third-order valence-electron chi connectivity index (χ3n) is 3.81. The molecule has 1 aromatic rings. The van der Waals surface area contributed by atoms with Crippen LogP contribution in [-0.4, -0.2) is 47.7 Å². The zero-order valence-corrected chi connectivity index (χ0v) is 12.0. The number of likely N-dealkylation sites (N-methyl/N-ethyl adjacent to an activating group) is 1. The summed E-state index contributed by atoms with van der Waals surface area (Å²) in [4.78, 5) is 15.0. The van der Waals surface area contributed by atoms with E-state index < -0.39 is 4.92 Å². The SMILES string of the molecule is CC1CN(C)CCCN1c1ccc([N+](=O)[O-])c(CO)c1. The molecular weight excluding hydrogens is 258 g/mol. The third kappa shape index (κ3) is 3.08. The Morgan fingerprint density at radius 2 is 2.20 bits per heavy atom. The van der Waals surface area contributed by atoms with E-state index in [-0.39, 0.29) is 12.3 Å². The quantitative estimate of drug-likeness (QED) is 0.672. The molecule has 1 atom stereocenters. The minimum Gasteiger partial charge on any atom is -0.391 e. The zero-order valence-electron chi connectivity index (χ0n) is 12.0. The molecule has 1 aliphatic heterocycles. The third-order valence-corrected chi connectivity index (χ3v) is 3.81. The van der Waals surface area contributed by atoms with Gasteiger partial charge in [0, 0.05) is 30.9 Å². The second-order valence-electron chi connectivity index (χ2n) is 5.39. The molecule has 1 unspecified atom stereocenters. The van der Waals surface area contributed by atoms with Crippen molar-refractivity contribution in [3.8, 4) is 0 Å². The average Bonchev–Trinajstić information content (AvgIpc) is 2.58. The number of benzene rings is 1. The van der Waals surface area contributed by atoms with Gasteiger partial charge >= 0.3 is 0 Å². The summed E-state index contributed by atoms with van der Waals surface area (Å²) in [5.41, 5.74) is 1.30. The van der Waals surface area contributed by atoms with E-state index in [1.54, 1.807) is 12.1 Å². The highest BCUT2D eigenvalue weighted by atomic mass is 16.6. The summed E-state index contributed by atoms with van der Waals surface area (Å²) in [7, 11) is 2.11. The molecule has 0 radical (unpaired) electrons. The number of nitro groups is 1. The van der Waals surface area contributed by atoms with E-state index in [1.807, 2.05) is 0 Å². The molecule has 2 rings (SSSR count). The molecule has 0 aromatic heterocycles. The largest absolute Gasteiger partial charge is 0.391 e. The molecule has 110 valence electrons. The Hall–Kier alpha value is -1.66. The van der Waals surface area contributed by atoms with Crippen LogP contribution >= 0.6 is 0 Å². The molecule has 6 nitrogen and oxygen atoms in total. The van der Waals surface area contributed by atoms with Crippen LogP contribution in [0.3, 0.4) is 0 Å². The van der Waals surface area contributed by atoms with E-state index in [9.17, 15) is 15.2 Å². The van der Waals surface area contributed by atoms with Gasteiger partial charge in [0.2, 0.25) is 0 Å². The predicted octanol–water partition coefficient (Wildman–Crippen LogP) is 1.62. The van der Waals surface area contributed by atoms with Crippen molar-refractivity contribution in [1.29, 1.82) is 0 Å². The first kappa shape index (κ1) is 14.7. The van der Waals surface area contributed by atoms with Crippen LogP contribution in [0.1, 0.15) is 18.9 Å². The second-order valence-corrected chi connectivity index (χ2v) is 5.39. The van der Waals surface area contributed by atoms with E-state index in [2.05, 4.69) is 23.8 Å². The lowest BCUT2D eigenvalue weighted by molar-refractivity contribution is -0.385. The van der Waals surface area contributed by atoms with Crippen molar-refractivity contribution in [2.45, 2.75) is 26.0 Å². The highest BCUT2D eigenvalue weighted by Gasteiger charge is 2.22. The van der Waals surface area contributed by atoms with Gasteiger partial charge < -0.3 is 14.9 Å². The van der Waals surface area contributed by atoms with Gasteiger partial charge in [-0.25, -0.2) is 0 Å². The Morgan fingerprint density at radius 3 is 2.85 bits per heavy atom. The average molecular weight is 279 g/mol. The van der Waals surface area contributed by atoms with Gasteiger partial charge in [-0.3, -0.25) is 10.1 Å². The van der Waals surface area contributed by atoms with E-state index in [0.717, 1.165) is 31.7 Å². The fourth-order valence-corrected chi connectivity index (χ4v) is 2.81. The highest BCUT2D eigenvalue weighted by molar-refractivity contribution is 5.56. The van der Waals surface area contributed by atoms with Crippen molar-refractivity contribution in [1.82, 2.24) is 4.90 Å². The number of aliphatic hydroxyl groups excluding tert-OH is 1. The van der Waals surface area contributed by atoms with Crippen LogP contribution < -0.4 is 4.90 Å². The molecule has 0 bridgehead atoms. The Labute approximate surface area is 118 Å². The van der Waals surface area contributed by atoms with Crippen LogP contribution in [-0.2, 0) is 6.61 Å². The molecule has 1 aromatic carbocycles. The van der Waals surface area contributed by atoms with Crippen LogP contribution in [0.25, 0.3) is 0 Å². The maximum absolute atomic E-state index is 10.9. The van der Waals surface area contributed by atoms with E-state index >= 15 is 0 Å². The van der Waals surface area contributed by atoms with Gasteiger partial charge in [0.15, 0.2) is 0 Å². The lowest BCUT2D eigenvalue weighted by Crippen LogP contribution is -2.38. The van der Waals surface area contributed by atoms with E-state index in [1.165, 1.54) is 6.07 Å². The molecule has 1 saturated heterocycles. The minimum absolute atomic E-state index is 0.0177. The van der Waals surface area contributed by atoms with Crippen LogP contribution in [0, 0.1) is 10.1 Å². The summed E-state index contributed by atoms with van der Waals surface area (Å²) in [6, 6.07) is 5.34.